The Hall–Kier alpha value is -3.00. The van der Waals surface area contributed by atoms with Crippen LogP contribution in [0, 0.1) is 24.2 Å². The monoisotopic (exact) mass is 696 g/mol. The summed E-state index contributed by atoms with van der Waals surface area (Å²) < 4.78 is 18.6. The SMILES string of the molecule is COc1cc(C=C2N=C(c3ccc(C)c(I)c3)OC2=O)cc(I)c1OCc1cccc([N+](=O)[O-])c1. The lowest BCUT2D eigenvalue weighted by molar-refractivity contribution is -0.384. The number of benzene rings is 3. The molecule has 0 atom stereocenters. The number of rotatable bonds is 7. The van der Waals surface area contributed by atoms with Crippen LogP contribution in [0.2, 0.25) is 0 Å². The van der Waals surface area contributed by atoms with E-state index >= 15 is 0 Å². The first-order chi connectivity index (χ1) is 16.7. The number of nitro groups is 1. The van der Waals surface area contributed by atoms with Crippen LogP contribution in [0.5, 0.6) is 11.5 Å². The number of hydrogen-bond donors (Lipinski definition) is 0. The fourth-order valence-corrected chi connectivity index (χ4v) is 4.59. The van der Waals surface area contributed by atoms with E-state index in [0.29, 0.717) is 22.6 Å². The minimum atomic E-state index is -0.532. The molecule has 0 fully saturated rings. The van der Waals surface area contributed by atoms with Gasteiger partial charge in [0, 0.05) is 21.3 Å². The van der Waals surface area contributed by atoms with Crippen molar-refractivity contribution in [1.29, 1.82) is 0 Å². The predicted molar refractivity (Wildman–Crippen MR) is 148 cm³/mol. The van der Waals surface area contributed by atoms with E-state index in [1.165, 1.54) is 19.2 Å². The number of nitro benzene ring substituents is 1. The van der Waals surface area contributed by atoms with Gasteiger partial charge in [-0.1, -0.05) is 18.2 Å². The highest BCUT2D eigenvalue weighted by molar-refractivity contribution is 14.1. The first-order valence-electron chi connectivity index (χ1n) is 10.3. The average molecular weight is 696 g/mol. The molecule has 0 saturated carbocycles. The summed E-state index contributed by atoms with van der Waals surface area (Å²) in [7, 11) is 1.52. The summed E-state index contributed by atoms with van der Waals surface area (Å²) in [6, 6.07) is 15.6. The maximum absolute atomic E-state index is 12.4. The van der Waals surface area contributed by atoms with Gasteiger partial charge in [-0.15, -0.1) is 0 Å². The zero-order valence-electron chi connectivity index (χ0n) is 18.6. The third kappa shape index (κ3) is 5.81. The fourth-order valence-electron chi connectivity index (χ4n) is 3.29. The molecule has 0 amide bonds. The third-order valence-electron chi connectivity index (χ3n) is 5.10. The van der Waals surface area contributed by atoms with E-state index in [1.54, 1.807) is 24.3 Å². The van der Waals surface area contributed by atoms with Crippen LogP contribution in [-0.2, 0) is 16.1 Å². The summed E-state index contributed by atoms with van der Waals surface area (Å²) in [4.78, 5) is 27.4. The second-order valence-electron chi connectivity index (χ2n) is 7.55. The van der Waals surface area contributed by atoms with Crippen LogP contribution >= 0.6 is 45.2 Å². The van der Waals surface area contributed by atoms with Crippen molar-refractivity contribution in [3.05, 3.63) is 99.8 Å². The standard InChI is InChI=1S/C25H18I2N2O6/c1-14-6-7-17(12-19(14)26)24-28-21(25(30)35-24)10-16-9-20(27)23(22(11-16)33-2)34-13-15-4-3-5-18(8-15)29(31)32/h3-12H,13H2,1-2H3. The lowest BCUT2D eigenvalue weighted by atomic mass is 10.1. The van der Waals surface area contributed by atoms with E-state index in [2.05, 4.69) is 50.2 Å². The average Bonchev–Trinajstić information content (AvgIpc) is 3.20. The van der Waals surface area contributed by atoms with E-state index in [1.807, 2.05) is 31.2 Å². The maximum atomic E-state index is 12.4. The van der Waals surface area contributed by atoms with Gasteiger partial charge >= 0.3 is 5.97 Å². The number of aliphatic imine (C=N–C) groups is 1. The Morgan fingerprint density at radius 2 is 1.91 bits per heavy atom. The molecule has 0 spiro atoms. The quantitative estimate of drug-likeness (QED) is 0.0982. The molecule has 1 aliphatic rings. The Balaban J connectivity index is 1.58. The molecule has 0 radical (unpaired) electrons. The molecule has 178 valence electrons. The molecule has 0 aromatic heterocycles. The van der Waals surface area contributed by atoms with Gasteiger partial charge < -0.3 is 14.2 Å². The lowest BCUT2D eigenvalue weighted by Gasteiger charge is -2.13. The van der Waals surface area contributed by atoms with Gasteiger partial charge in [-0.05, 0) is 99.1 Å². The van der Waals surface area contributed by atoms with Crippen molar-refractivity contribution in [2.75, 3.05) is 7.11 Å². The highest BCUT2D eigenvalue weighted by Crippen LogP contribution is 2.36. The molecule has 35 heavy (non-hydrogen) atoms. The van der Waals surface area contributed by atoms with Crippen LogP contribution < -0.4 is 9.47 Å². The number of carbonyl (C=O) groups excluding carboxylic acids is 1. The highest BCUT2D eigenvalue weighted by atomic mass is 127. The van der Waals surface area contributed by atoms with Gasteiger partial charge in [0.15, 0.2) is 17.2 Å². The van der Waals surface area contributed by atoms with Crippen molar-refractivity contribution >= 4 is 68.8 Å². The molecule has 1 aliphatic heterocycles. The van der Waals surface area contributed by atoms with E-state index in [9.17, 15) is 14.9 Å². The molecule has 0 unspecified atom stereocenters. The molecule has 0 N–H and O–H groups in total. The smallest absolute Gasteiger partial charge is 0.363 e. The first kappa shape index (κ1) is 25.1. The van der Waals surface area contributed by atoms with Crippen molar-refractivity contribution in [1.82, 2.24) is 0 Å². The maximum Gasteiger partial charge on any atom is 0.363 e. The van der Waals surface area contributed by atoms with Gasteiger partial charge in [-0.25, -0.2) is 9.79 Å². The van der Waals surface area contributed by atoms with Crippen molar-refractivity contribution in [3.63, 3.8) is 0 Å². The normalized spacial score (nSPS) is 14.0. The summed E-state index contributed by atoms with van der Waals surface area (Å²) >= 11 is 4.34. The van der Waals surface area contributed by atoms with Crippen molar-refractivity contribution in [3.8, 4) is 11.5 Å². The molecule has 0 bridgehead atoms. The van der Waals surface area contributed by atoms with Gasteiger partial charge in [0.2, 0.25) is 5.90 Å². The first-order valence-corrected chi connectivity index (χ1v) is 12.4. The molecule has 1 heterocycles. The van der Waals surface area contributed by atoms with Gasteiger partial charge in [-0.3, -0.25) is 10.1 Å². The zero-order chi connectivity index (χ0) is 25.1. The van der Waals surface area contributed by atoms with Gasteiger partial charge in [0.05, 0.1) is 15.6 Å². The largest absolute Gasteiger partial charge is 0.493 e. The molecule has 0 saturated heterocycles. The Morgan fingerprint density at radius 3 is 2.63 bits per heavy atom. The Kier molecular flexibility index (Phi) is 7.69. The number of nitrogens with zero attached hydrogens (tertiary/aromatic N) is 2. The topological polar surface area (TPSA) is 100 Å². The number of methoxy groups -OCH3 is 1. The van der Waals surface area contributed by atoms with E-state index in [-0.39, 0.29) is 23.9 Å². The minimum Gasteiger partial charge on any atom is -0.493 e. The summed E-state index contributed by atoms with van der Waals surface area (Å²) in [5, 5.41) is 11.0. The molecule has 3 aromatic carbocycles. The lowest BCUT2D eigenvalue weighted by Crippen LogP contribution is -2.05. The van der Waals surface area contributed by atoms with Crippen molar-refractivity contribution in [2.45, 2.75) is 13.5 Å². The third-order valence-corrected chi connectivity index (χ3v) is 7.06. The van der Waals surface area contributed by atoms with Gasteiger partial charge in [0.1, 0.15) is 6.61 Å². The van der Waals surface area contributed by atoms with E-state index < -0.39 is 10.9 Å². The summed E-state index contributed by atoms with van der Waals surface area (Å²) in [6.07, 6.45) is 1.63. The molecule has 3 aromatic rings. The van der Waals surface area contributed by atoms with Crippen molar-refractivity contribution < 1.29 is 23.9 Å². The Morgan fingerprint density at radius 1 is 1.11 bits per heavy atom. The summed E-state index contributed by atoms with van der Waals surface area (Å²) in [5.74, 6) is 0.681. The van der Waals surface area contributed by atoms with E-state index in [4.69, 9.17) is 14.2 Å². The number of carbonyl (C=O) groups is 1. The number of cyclic esters (lactones) is 1. The fraction of sp³-hybridized carbons (Fsp3) is 0.120. The second-order valence-corrected chi connectivity index (χ2v) is 9.87. The van der Waals surface area contributed by atoms with Crippen LogP contribution in [0.4, 0.5) is 5.69 Å². The Labute approximate surface area is 228 Å². The Bertz CT molecular complexity index is 1400. The van der Waals surface area contributed by atoms with E-state index in [0.717, 1.165) is 18.3 Å². The number of non-ortho nitro benzene ring substituents is 1. The van der Waals surface area contributed by atoms with Crippen LogP contribution in [-0.4, -0.2) is 23.9 Å². The van der Waals surface area contributed by atoms with Gasteiger partial charge in [0.25, 0.3) is 5.69 Å². The zero-order valence-corrected chi connectivity index (χ0v) is 22.9. The molecule has 10 heteroatoms. The van der Waals surface area contributed by atoms with Crippen LogP contribution in [0.25, 0.3) is 6.08 Å². The van der Waals surface area contributed by atoms with Gasteiger partial charge in [-0.2, -0.15) is 0 Å². The number of ether oxygens (including phenoxy) is 3. The second kappa shape index (κ2) is 10.7. The molecular weight excluding hydrogens is 678 g/mol. The number of aryl methyl sites for hydroxylation is 1. The minimum absolute atomic E-state index is 0.00143. The predicted octanol–water partition coefficient (Wildman–Crippen LogP) is 6.04. The van der Waals surface area contributed by atoms with Crippen LogP contribution in [0.1, 0.15) is 22.3 Å². The molecular formula is C25H18I2N2O6. The molecule has 0 aliphatic carbocycles. The summed E-state index contributed by atoms with van der Waals surface area (Å²) in [5.41, 5.74) is 3.38. The molecule has 8 nitrogen and oxygen atoms in total. The van der Waals surface area contributed by atoms with Crippen molar-refractivity contribution in [2.24, 2.45) is 4.99 Å². The van der Waals surface area contributed by atoms with Crippen LogP contribution in [0.15, 0.2) is 65.3 Å². The number of halogens is 2. The highest BCUT2D eigenvalue weighted by Gasteiger charge is 2.25. The summed E-state index contributed by atoms with van der Waals surface area (Å²) in [6.45, 7) is 2.13. The molecule has 4 rings (SSSR count). The number of esters is 1. The van der Waals surface area contributed by atoms with Crippen LogP contribution in [0.3, 0.4) is 0 Å². The number of hydrogen-bond acceptors (Lipinski definition) is 7.